The maximum atomic E-state index is 13.3. The van der Waals surface area contributed by atoms with E-state index in [2.05, 4.69) is 4.98 Å². The zero-order valence-corrected chi connectivity index (χ0v) is 9.35. The van der Waals surface area contributed by atoms with Crippen LogP contribution in [0.15, 0.2) is 36.5 Å². The Hall–Kier alpha value is -1.94. The van der Waals surface area contributed by atoms with Crippen molar-refractivity contribution in [3.05, 3.63) is 53.6 Å². The minimum absolute atomic E-state index is 0.153. The molecule has 0 aliphatic rings. The summed E-state index contributed by atoms with van der Waals surface area (Å²) in [7, 11) is 0. The van der Waals surface area contributed by atoms with Crippen LogP contribution in [0.3, 0.4) is 0 Å². The Morgan fingerprint density at radius 2 is 2.00 bits per heavy atom. The molecular formula is C13H12FNO2. The van der Waals surface area contributed by atoms with Crippen molar-refractivity contribution in [1.82, 2.24) is 4.98 Å². The topological polar surface area (TPSA) is 42.4 Å². The van der Waals surface area contributed by atoms with Gasteiger partial charge in [-0.3, -0.25) is 4.98 Å². The normalized spacial score (nSPS) is 10.3. The number of aromatic nitrogens is 1. The van der Waals surface area contributed by atoms with E-state index in [1.165, 1.54) is 12.3 Å². The molecule has 0 bridgehead atoms. The van der Waals surface area contributed by atoms with Crippen LogP contribution in [-0.2, 0) is 6.61 Å². The molecular weight excluding hydrogens is 221 g/mol. The summed E-state index contributed by atoms with van der Waals surface area (Å²) in [5, 5.41) is 8.93. The molecule has 0 spiro atoms. The number of halogens is 1. The Morgan fingerprint density at radius 3 is 2.71 bits per heavy atom. The highest BCUT2D eigenvalue weighted by molar-refractivity contribution is 5.33. The maximum Gasteiger partial charge on any atom is 0.130 e. The van der Waals surface area contributed by atoms with E-state index >= 15 is 0 Å². The quantitative estimate of drug-likeness (QED) is 0.886. The highest BCUT2D eigenvalue weighted by Crippen LogP contribution is 2.23. The predicted molar refractivity (Wildman–Crippen MR) is 61.4 cm³/mol. The molecule has 17 heavy (non-hydrogen) atoms. The summed E-state index contributed by atoms with van der Waals surface area (Å²) in [5.74, 6) is 0.634. The van der Waals surface area contributed by atoms with Crippen LogP contribution in [0.4, 0.5) is 4.39 Å². The van der Waals surface area contributed by atoms with Gasteiger partial charge in [-0.2, -0.15) is 0 Å². The molecule has 0 saturated carbocycles. The number of hydrogen-bond donors (Lipinski definition) is 1. The highest BCUT2D eigenvalue weighted by atomic mass is 19.1. The van der Waals surface area contributed by atoms with Gasteiger partial charge in [0.1, 0.15) is 17.3 Å². The van der Waals surface area contributed by atoms with Crippen molar-refractivity contribution in [2.75, 3.05) is 0 Å². The third kappa shape index (κ3) is 2.79. The molecule has 0 radical (unpaired) electrons. The second kappa shape index (κ2) is 4.93. The van der Waals surface area contributed by atoms with Gasteiger partial charge in [0.25, 0.3) is 0 Å². The highest BCUT2D eigenvalue weighted by Gasteiger charge is 2.02. The minimum atomic E-state index is -0.307. The molecule has 1 N–H and O–H groups in total. The lowest BCUT2D eigenvalue weighted by molar-refractivity contribution is 0.276. The molecule has 2 aromatic rings. The number of nitrogens with zero attached hydrogens (tertiary/aromatic N) is 1. The smallest absolute Gasteiger partial charge is 0.130 e. The van der Waals surface area contributed by atoms with Gasteiger partial charge in [-0.05, 0) is 24.6 Å². The molecule has 88 valence electrons. The fraction of sp³-hybridized carbons (Fsp3) is 0.154. The van der Waals surface area contributed by atoms with Gasteiger partial charge in [0.05, 0.1) is 12.3 Å². The first-order chi connectivity index (χ1) is 8.19. The Morgan fingerprint density at radius 1 is 1.24 bits per heavy atom. The van der Waals surface area contributed by atoms with Gasteiger partial charge in [0, 0.05) is 18.3 Å². The summed E-state index contributed by atoms with van der Waals surface area (Å²) >= 11 is 0. The molecule has 0 aliphatic carbocycles. The van der Waals surface area contributed by atoms with E-state index in [0.717, 1.165) is 0 Å². The zero-order chi connectivity index (χ0) is 12.3. The Kier molecular flexibility index (Phi) is 3.35. The average molecular weight is 233 g/mol. The van der Waals surface area contributed by atoms with Crippen molar-refractivity contribution in [3.63, 3.8) is 0 Å². The average Bonchev–Trinajstić information content (AvgIpc) is 2.34. The first-order valence-electron chi connectivity index (χ1n) is 5.19. The van der Waals surface area contributed by atoms with E-state index in [1.54, 1.807) is 31.2 Å². The third-order valence-corrected chi connectivity index (χ3v) is 2.33. The van der Waals surface area contributed by atoms with Crippen LogP contribution in [0.1, 0.15) is 11.3 Å². The molecule has 0 saturated heterocycles. The Balaban J connectivity index is 2.22. The van der Waals surface area contributed by atoms with Crippen molar-refractivity contribution in [1.29, 1.82) is 0 Å². The zero-order valence-electron chi connectivity index (χ0n) is 9.35. The molecule has 4 heteroatoms. The molecule has 0 atom stereocenters. The summed E-state index contributed by atoms with van der Waals surface area (Å²) < 4.78 is 18.8. The molecule has 1 aromatic carbocycles. The number of aryl methyl sites for hydroxylation is 1. The standard InChI is InChI=1S/C13H12FNO2/c1-9-2-3-11(7-13(9)14)17-12-4-5-15-10(6-12)8-16/h2-7,16H,8H2,1H3. The lowest BCUT2D eigenvalue weighted by Crippen LogP contribution is -1.91. The molecule has 0 amide bonds. The summed E-state index contributed by atoms with van der Waals surface area (Å²) in [4.78, 5) is 3.93. The van der Waals surface area contributed by atoms with Gasteiger partial charge in [-0.1, -0.05) is 6.07 Å². The van der Waals surface area contributed by atoms with Crippen molar-refractivity contribution in [2.24, 2.45) is 0 Å². The van der Waals surface area contributed by atoms with Gasteiger partial charge in [0.2, 0.25) is 0 Å². The Bertz CT molecular complexity index is 529. The number of rotatable bonds is 3. The van der Waals surface area contributed by atoms with Crippen LogP contribution in [-0.4, -0.2) is 10.1 Å². The SMILES string of the molecule is Cc1ccc(Oc2ccnc(CO)c2)cc1F. The fourth-order valence-corrected chi connectivity index (χ4v) is 1.38. The predicted octanol–water partition coefficient (Wildman–Crippen LogP) is 2.81. The summed E-state index contributed by atoms with van der Waals surface area (Å²) in [6, 6.07) is 7.93. The van der Waals surface area contributed by atoms with Crippen LogP contribution in [0.2, 0.25) is 0 Å². The van der Waals surface area contributed by atoms with Crippen molar-refractivity contribution < 1.29 is 14.2 Å². The number of pyridine rings is 1. The van der Waals surface area contributed by atoms with E-state index in [4.69, 9.17) is 9.84 Å². The monoisotopic (exact) mass is 233 g/mol. The second-order valence-corrected chi connectivity index (χ2v) is 3.65. The number of hydrogen-bond acceptors (Lipinski definition) is 3. The van der Waals surface area contributed by atoms with Gasteiger partial charge in [0.15, 0.2) is 0 Å². The number of ether oxygens (including phenoxy) is 1. The van der Waals surface area contributed by atoms with E-state index in [1.807, 2.05) is 0 Å². The molecule has 2 rings (SSSR count). The lowest BCUT2D eigenvalue weighted by atomic mass is 10.2. The molecule has 1 aromatic heterocycles. The van der Waals surface area contributed by atoms with Crippen molar-refractivity contribution in [2.45, 2.75) is 13.5 Å². The fourth-order valence-electron chi connectivity index (χ4n) is 1.38. The molecule has 3 nitrogen and oxygen atoms in total. The lowest BCUT2D eigenvalue weighted by Gasteiger charge is -2.07. The number of aliphatic hydroxyl groups is 1. The number of benzene rings is 1. The van der Waals surface area contributed by atoms with E-state index in [0.29, 0.717) is 22.8 Å². The molecule has 0 fully saturated rings. The third-order valence-electron chi connectivity index (χ3n) is 2.33. The van der Waals surface area contributed by atoms with Gasteiger partial charge in [-0.25, -0.2) is 4.39 Å². The van der Waals surface area contributed by atoms with Crippen LogP contribution < -0.4 is 4.74 Å². The maximum absolute atomic E-state index is 13.3. The van der Waals surface area contributed by atoms with Crippen LogP contribution in [0.5, 0.6) is 11.5 Å². The van der Waals surface area contributed by atoms with Crippen molar-refractivity contribution >= 4 is 0 Å². The van der Waals surface area contributed by atoms with Crippen molar-refractivity contribution in [3.8, 4) is 11.5 Å². The number of aliphatic hydroxyl groups excluding tert-OH is 1. The Labute approximate surface area is 98.5 Å². The van der Waals surface area contributed by atoms with Crippen LogP contribution >= 0.6 is 0 Å². The molecule has 1 heterocycles. The largest absolute Gasteiger partial charge is 0.457 e. The van der Waals surface area contributed by atoms with E-state index < -0.39 is 0 Å². The summed E-state index contributed by atoms with van der Waals surface area (Å²) in [5.41, 5.74) is 1.08. The van der Waals surface area contributed by atoms with Gasteiger partial charge >= 0.3 is 0 Å². The first kappa shape index (κ1) is 11.5. The minimum Gasteiger partial charge on any atom is -0.457 e. The van der Waals surface area contributed by atoms with E-state index in [9.17, 15) is 4.39 Å². The van der Waals surface area contributed by atoms with Crippen LogP contribution in [0.25, 0.3) is 0 Å². The van der Waals surface area contributed by atoms with Gasteiger partial charge in [-0.15, -0.1) is 0 Å². The van der Waals surface area contributed by atoms with Crippen LogP contribution in [0, 0.1) is 12.7 Å². The molecule has 0 unspecified atom stereocenters. The van der Waals surface area contributed by atoms with Gasteiger partial charge < -0.3 is 9.84 Å². The first-order valence-corrected chi connectivity index (χ1v) is 5.19. The molecule has 0 aliphatic heterocycles. The van der Waals surface area contributed by atoms with E-state index in [-0.39, 0.29) is 12.4 Å². The summed E-state index contributed by atoms with van der Waals surface area (Å²) in [6.07, 6.45) is 1.53. The second-order valence-electron chi connectivity index (χ2n) is 3.65. The summed E-state index contributed by atoms with van der Waals surface area (Å²) in [6.45, 7) is 1.54.